The molecule has 0 bridgehead atoms. The molecule has 1 heteroatoms. The highest BCUT2D eigenvalue weighted by Crippen LogP contribution is 2.23. The molecule has 1 N–H and O–H groups in total. The van der Waals surface area contributed by atoms with Crippen LogP contribution in [-0.4, -0.2) is 5.11 Å². The summed E-state index contributed by atoms with van der Waals surface area (Å²) in [5.41, 5.74) is 1.38. The molecule has 120 valence electrons. The van der Waals surface area contributed by atoms with Gasteiger partial charge in [0.15, 0.2) is 0 Å². The van der Waals surface area contributed by atoms with Crippen molar-refractivity contribution in [3.63, 3.8) is 0 Å². The van der Waals surface area contributed by atoms with Crippen LogP contribution in [0, 0.1) is 5.92 Å². The fourth-order valence-electron chi connectivity index (χ4n) is 3.03. The van der Waals surface area contributed by atoms with Crippen molar-refractivity contribution in [1.29, 1.82) is 0 Å². The third kappa shape index (κ3) is 8.80. The molecule has 0 amide bonds. The van der Waals surface area contributed by atoms with Crippen molar-refractivity contribution in [1.82, 2.24) is 0 Å². The normalized spacial score (nSPS) is 11.2. The molecule has 0 radical (unpaired) electrons. The standard InChI is InChI=1S/C20H34O/c1-3-5-7-9-11-18(12-10-8-6-4-2)17-19-13-15-20(21)16-14-19/h13-16,18,21H,3-12,17H2,1-2H3. The summed E-state index contributed by atoms with van der Waals surface area (Å²) in [6, 6.07) is 7.81. The van der Waals surface area contributed by atoms with E-state index in [2.05, 4.69) is 26.0 Å². The Kier molecular flexibility index (Phi) is 10.0. The second kappa shape index (κ2) is 11.7. The van der Waals surface area contributed by atoms with Gasteiger partial charge in [-0.15, -0.1) is 0 Å². The summed E-state index contributed by atoms with van der Waals surface area (Å²) < 4.78 is 0. The van der Waals surface area contributed by atoms with Gasteiger partial charge in [0.2, 0.25) is 0 Å². The van der Waals surface area contributed by atoms with Crippen LogP contribution in [0.2, 0.25) is 0 Å². The second-order valence-corrected chi connectivity index (χ2v) is 6.44. The lowest BCUT2D eigenvalue weighted by Crippen LogP contribution is -2.05. The van der Waals surface area contributed by atoms with Gasteiger partial charge in [0.25, 0.3) is 0 Å². The fourth-order valence-corrected chi connectivity index (χ4v) is 3.03. The molecule has 0 aromatic heterocycles. The van der Waals surface area contributed by atoms with E-state index in [4.69, 9.17) is 0 Å². The van der Waals surface area contributed by atoms with Crippen molar-refractivity contribution in [3.8, 4) is 5.75 Å². The minimum Gasteiger partial charge on any atom is -0.508 e. The van der Waals surface area contributed by atoms with Gasteiger partial charge in [-0.25, -0.2) is 0 Å². The number of phenolic OH excluding ortho intramolecular Hbond substituents is 1. The Morgan fingerprint density at radius 1 is 0.762 bits per heavy atom. The summed E-state index contributed by atoms with van der Waals surface area (Å²) >= 11 is 0. The van der Waals surface area contributed by atoms with Gasteiger partial charge in [0.1, 0.15) is 5.75 Å². The molecular formula is C20H34O. The Morgan fingerprint density at radius 3 is 1.76 bits per heavy atom. The van der Waals surface area contributed by atoms with Crippen molar-refractivity contribution >= 4 is 0 Å². The van der Waals surface area contributed by atoms with Gasteiger partial charge in [0.05, 0.1) is 0 Å². The first-order valence-corrected chi connectivity index (χ1v) is 9.04. The molecule has 0 atom stereocenters. The zero-order valence-electron chi connectivity index (χ0n) is 14.1. The summed E-state index contributed by atoms with van der Waals surface area (Å²) in [7, 11) is 0. The van der Waals surface area contributed by atoms with Crippen molar-refractivity contribution in [3.05, 3.63) is 29.8 Å². The number of phenols is 1. The molecule has 0 heterocycles. The van der Waals surface area contributed by atoms with Gasteiger partial charge < -0.3 is 5.11 Å². The third-order valence-electron chi connectivity index (χ3n) is 4.39. The SMILES string of the molecule is CCCCCCC(CCCCCC)Cc1ccc(O)cc1. The number of aromatic hydroxyl groups is 1. The van der Waals surface area contributed by atoms with Gasteiger partial charge >= 0.3 is 0 Å². The first kappa shape index (κ1) is 18.1. The fraction of sp³-hybridized carbons (Fsp3) is 0.700. The van der Waals surface area contributed by atoms with E-state index in [1.807, 2.05) is 12.1 Å². The summed E-state index contributed by atoms with van der Waals surface area (Å²) in [6.45, 7) is 4.55. The molecule has 1 aromatic carbocycles. The molecule has 1 nitrogen and oxygen atoms in total. The Labute approximate surface area is 131 Å². The first-order valence-electron chi connectivity index (χ1n) is 9.04. The predicted molar refractivity (Wildman–Crippen MR) is 92.8 cm³/mol. The van der Waals surface area contributed by atoms with Crippen molar-refractivity contribution in [2.45, 2.75) is 84.5 Å². The van der Waals surface area contributed by atoms with Crippen molar-refractivity contribution in [2.24, 2.45) is 5.92 Å². The quantitative estimate of drug-likeness (QED) is 0.436. The molecule has 0 aliphatic rings. The van der Waals surface area contributed by atoms with E-state index in [-0.39, 0.29) is 0 Å². The minimum atomic E-state index is 0.376. The van der Waals surface area contributed by atoms with Gasteiger partial charge in [-0.2, -0.15) is 0 Å². The van der Waals surface area contributed by atoms with Crippen LogP contribution in [0.3, 0.4) is 0 Å². The van der Waals surface area contributed by atoms with Gasteiger partial charge in [-0.3, -0.25) is 0 Å². The lowest BCUT2D eigenvalue weighted by molar-refractivity contribution is 0.403. The van der Waals surface area contributed by atoms with Crippen LogP contribution in [0.5, 0.6) is 5.75 Å². The maximum atomic E-state index is 9.39. The zero-order chi connectivity index (χ0) is 15.3. The number of rotatable bonds is 12. The molecule has 0 fully saturated rings. The number of unbranched alkanes of at least 4 members (excludes halogenated alkanes) is 6. The van der Waals surface area contributed by atoms with Gasteiger partial charge in [0, 0.05) is 0 Å². The lowest BCUT2D eigenvalue weighted by Gasteiger charge is -2.17. The van der Waals surface area contributed by atoms with E-state index in [9.17, 15) is 5.11 Å². The lowest BCUT2D eigenvalue weighted by atomic mass is 9.89. The van der Waals surface area contributed by atoms with E-state index in [0.29, 0.717) is 5.75 Å². The highest BCUT2D eigenvalue weighted by molar-refractivity contribution is 5.26. The third-order valence-corrected chi connectivity index (χ3v) is 4.39. The largest absolute Gasteiger partial charge is 0.508 e. The topological polar surface area (TPSA) is 20.2 Å². The highest BCUT2D eigenvalue weighted by atomic mass is 16.3. The van der Waals surface area contributed by atoms with Crippen molar-refractivity contribution in [2.75, 3.05) is 0 Å². The summed E-state index contributed by atoms with van der Waals surface area (Å²) in [5, 5.41) is 9.39. The Bertz CT molecular complexity index is 329. The van der Waals surface area contributed by atoms with Crippen LogP contribution in [0.15, 0.2) is 24.3 Å². The smallest absolute Gasteiger partial charge is 0.115 e. The molecule has 21 heavy (non-hydrogen) atoms. The number of hydrogen-bond acceptors (Lipinski definition) is 1. The van der Waals surface area contributed by atoms with E-state index >= 15 is 0 Å². The maximum absolute atomic E-state index is 9.39. The second-order valence-electron chi connectivity index (χ2n) is 6.44. The molecule has 0 aliphatic carbocycles. The van der Waals surface area contributed by atoms with Gasteiger partial charge in [-0.1, -0.05) is 90.2 Å². The zero-order valence-corrected chi connectivity index (χ0v) is 14.1. The van der Waals surface area contributed by atoms with Crippen LogP contribution >= 0.6 is 0 Å². The molecule has 0 saturated heterocycles. The molecule has 1 rings (SSSR count). The Hall–Kier alpha value is -0.980. The minimum absolute atomic E-state index is 0.376. The molecular weight excluding hydrogens is 256 g/mol. The van der Waals surface area contributed by atoms with Gasteiger partial charge in [-0.05, 0) is 30.0 Å². The molecule has 0 unspecified atom stereocenters. The average molecular weight is 290 g/mol. The van der Waals surface area contributed by atoms with E-state index in [1.54, 1.807) is 0 Å². The van der Waals surface area contributed by atoms with Crippen LogP contribution in [0.1, 0.15) is 83.6 Å². The Morgan fingerprint density at radius 2 is 1.29 bits per heavy atom. The van der Waals surface area contributed by atoms with Crippen LogP contribution in [-0.2, 0) is 6.42 Å². The highest BCUT2D eigenvalue weighted by Gasteiger charge is 2.10. The average Bonchev–Trinajstić information content (AvgIpc) is 2.50. The number of hydrogen-bond donors (Lipinski definition) is 1. The summed E-state index contributed by atoms with van der Waals surface area (Å²) in [5.74, 6) is 1.20. The van der Waals surface area contributed by atoms with E-state index in [1.165, 1.54) is 76.2 Å². The summed E-state index contributed by atoms with van der Waals surface area (Å²) in [4.78, 5) is 0. The molecule has 0 saturated carbocycles. The Balaban J connectivity index is 2.39. The maximum Gasteiger partial charge on any atom is 0.115 e. The van der Waals surface area contributed by atoms with E-state index < -0.39 is 0 Å². The van der Waals surface area contributed by atoms with Crippen molar-refractivity contribution < 1.29 is 5.11 Å². The predicted octanol–water partition coefficient (Wildman–Crippen LogP) is 6.49. The number of benzene rings is 1. The first-order chi connectivity index (χ1) is 10.3. The van der Waals surface area contributed by atoms with Crippen LogP contribution < -0.4 is 0 Å². The monoisotopic (exact) mass is 290 g/mol. The van der Waals surface area contributed by atoms with E-state index in [0.717, 1.165) is 5.92 Å². The molecule has 0 aliphatic heterocycles. The molecule has 1 aromatic rings. The molecule has 0 spiro atoms. The van der Waals surface area contributed by atoms with Crippen LogP contribution in [0.4, 0.5) is 0 Å². The van der Waals surface area contributed by atoms with Crippen LogP contribution in [0.25, 0.3) is 0 Å². The summed E-state index contributed by atoms with van der Waals surface area (Å²) in [6.07, 6.45) is 14.8.